The summed E-state index contributed by atoms with van der Waals surface area (Å²) in [4.78, 5) is 28.6. The molecule has 164 valence electrons. The largest absolute Gasteiger partial charge is 0.507 e. The van der Waals surface area contributed by atoms with Crippen LogP contribution in [0.5, 0.6) is 11.5 Å². The number of rotatable bonds is 6. The van der Waals surface area contributed by atoms with Gasteiger partial charge in [-0.25, -0.2) is 0 Å². The summed E-state index contributed by atoms with van der Waals surface area (Å²) < 4.78 is 11.6. The zero-order valence-electron chi connectivity index (χ0n) is 17.4. The van der Waals surface area contributed by atoms with Gasteiger partial charge in [0.2, 0.25) is 0 Å². The Balaban J connectivity index is 1.89. The van der Waals surface area contributed by atoms with Crippen molar-refractivity contribution in [1.29, 1.82) is 0 Å². The van der Waals surface area contributed by atoms with Crippen LogP contribution in [0, 0.1) is 0 Å². The average Bonchev–Trinajstić information content (AvgIpc) is 3.41. The van der Waals surface area contributed by atoms with Crippen molar-refractivity contribution in [1.82, 2.24) is 4.90 Å². The lowest BCUT2D eigenvalue weighted by Gasteiger charge is -2.25. The number of aliphatic hydroxyl groups excluding tert-OH is 1. The second-order valence-corrected chi connectivity index (χ2v) is 9.08. The highest BCUT2D eigenvalue weighted by atomic mass is 79.9. The molecule has 0 aliphatic carbocycles. The first-order valence-electron chi connectivity index (χ1n) is 9.73. The quantitative estimate of drug-likeness (QED) is 0.280. The Morgan fingerprint density at radius 1 is 1.06 bits per heavy atom. The minimum atomic E-state index is -0.777. The second-order valence-electron chi connectivity index (χ2n) is 7.13. The van der Waals surface area contributed by atoms with Gasteiger partial charge < -0.3 is 19.5 Å². The number of Topliss-reactive ketones (excluding diaryl/α,β-unsaturated/α-hetero) is 1. The number of ether oxygens (including phenoxy) is 2. The predicted octanol–water partition coefficient (Wildman–Crippen LogP) is 5.15. The molecule has 2 aromatic carbocycles. The number of likely N-dealkylation sites (tertiary alicyclic amines) is 1. The lowest BCUT2D eigenvalue weighted by atomic mass is 9.95. The SMILES string of the molecule is COc1ccc(C2/C(=C(/O)c3ccc(Br)cc3)C(=O)C(=O)N2Cc2cccs2)cc1OC. The maximum absolute atomic E-state index is 13.1. The lowest BCUT2D eigenvalue weighted by molar-refractivity contribution is -0.140. The number of halogens is 1. The summed E-state index contributed by atoms with van der Waals surface area (Å²) in [5, 5.41) is 13.0. The number of aliphatic hydroxyl groups is 1. The normalized spacial score (nSPS) is 17.6. The molecule has 1 unspecified atom stereocenters. The van der Waals surface area contributed by atoms with Crippen molar-refractivity contribution >= 4 is 44.7 Å². The maximum atomic E-state index is 13.1. The van der Waals surface area contributed by atoms with Crippen LogP contribution in [-0.2, 0) is 16.1 Å². The van der Waals surface area contributed by atoms with E-state index in [2.05, 4.69) is 15.9 Å². The van der Waals surface area contributed by atoms with Crippen LogP contribution in [-0.4, -0.2) is 35.9 Å². The molecule has 1 fully saturated rings. The number of ketones is 1. The Hall–Kier alpha value is -3.10. The Bertz CT molecular complexity index is 1190. The molecule has 8 heteroatoms. The van der Waals surface area contributed by atoms with E-state index in [-0.39, 0.29) is 17.9 Å². The van der Waals surface area contributed by atoms with Crippen LogP contribution in [0.15, 0.2) is 70.0 Å². The molecule has 1 aromatic heterocycles. The molecular formula is C24H20BrNO5S. The fourth-order valence-corrected chi connectivity index (χ4v) is 4.71. The fraction of sp³-hybridized carbons (Fsp3) is 0.167. The van der Waals surface area contributed by atoms with Crippen LogP contribution in [0.3, 0.4) is 0 Å². The first-order valence-corrected chi connectivity index (χ1v) is 11.4. The van der Waals surface area contributed by atoms with Gasteiger partial charge in [-0.3, -0.25) is 9.59 Å². The summed E-state index contributed by atoms with van der Waals surface area (Å²) in [5.74, 6) is -0.599. The maximum Gasteiger partial charge on any atom is 0.295 e. The number of hydrogen-bond acceptors (Lipinski definition) is 6. The minimum absolute atomic E-state index is 0.0427. The fourth-order valence-electron chi connectivity index (χ4n) is 3.75. The number of amides is 1. The number of carbonyl (C=O) groups is 2. The Kier molecular flexibility index (Phi) is 6.34. The van der Waals surface area contributed by atoms with Gasteiger partial charge in [-0.05, 0) is 41.3 Å². The van der Waals surface area contributed by atoms with Crippen molar-refractivity contribution in [2.45, 2.75) is 12.6 Å². The molecule has 32 heavy (non-hydrogen) atoms. The van der Waals surface area contributed by atoms with Gasteiger partial charge in [0, 0.05) is 14.9 Å². The molecule has 1 saturated heterocycles. The highest BCUT2D eigenvalue weighted by Crippen LogP contribution is 2.43. The second kappa shape index (κ2) is 9.18. The molecule has 0 saturated carbocycles. The summed E-state index contributed by atoms with van der Waals surface area (Å²) in [5.41, 5.74) is 1.13. The first-order chi connectivity index (χ1) is 15.4. The first kappa shape index (κ1) is 22.1. The minimum Gasteiger partial charge on any atom is -0.507 e. The number of carbonyl (C=O) groups excluding carboxylic acids is 2. The van der Waals surface area contributed by atoms with E-state index >= 15 is 0 Å². The number of methoxy groups -OCH3 is 2. The third-order valence-corrected chi connectivity index (χ3v) is 6.68. The third-order valence-electron chi connectivity index (χ3n) is 5.29. The number of hydrogen-bond donors (Lipinski definition) is 1. The van der Waals surface area contributed by atoms with Gasteiger partial charge in [0.1, 0.15) is 5.76 Å². The summed E-state index contributed by atoms with van der Waals surface area (Å²) in [7, 11) is 3.06. The molecule has 2 heterocycles. The summed E-state index contributed by atoms with van der Waals surface area (Å²) in [6.45, 7) is 0.248. The van der Waals surface area contributed by atoms with Crippen LogP contribution >= 0.6 is 27.3 Å². The van der Waals surface area contributed by atoms with Gasteiger partial charge in [0.05, 0.1) is 32.4 Å². The van der Waals surface area contributed by atoms with Gasteiger partial charge >= 0.3 is 0 Å². The topological polar surface area (TPSA) is 76.1 Å². The average molecular weight is 514 g/mol. The molecule has 1 amide bonds. The van der Waals surface area contributed by atoms with Crippen LogP contribution in [0.25, 0.3) is 5.76 Å². The molecule has 3 aromatic rings. The van der Waals surface area contributed by atoms with E-state index in [1.165, 1.54) is 30.5 Å². The van der Waals surface area contributed by atoms with Crippen LogP contribution in [0.4, 0.5) is 0 Å². The lowest BCUT2D eigenvalue weighted by Crippen LogP contribution is -2.28. The third kappa shape index (κ3) is 4.03. The van der Waals surface area contributed by atoms with E-state index in [9.17, 15) is 14.7 Å². The molecule has 4 rings (SSSR count). The van der Waals surface area contributed by atoms with Crippen molar-refractivity contribution in [3.8, 4) is 11.5 Å². The van der Waals surface area contributed by atoms with Crippen molar-refractivity contribution in [3.63, 3.8) is 0 Å². The molecule has 1 atom stereocenters. The molecule has 0 radical (unpaired) electrons. The highest BCUT2D eigenvalue weighted by molar-refractivity contribution is 9.10. The van der Waals surface area contributed by atoms with Crippen LogP contribution < -0.4 is 9.47 Å². The summed E-state index contributed by atoms with van der Waals surface area (Å²) in [6.07, 6.45) is 0. The molecule has 1 aliphatic rings. The molecule has 1 N–H and O–H groups in total. The summed E-state index contributed by atoms with van der Waals surface area (Å²) in [6, 6.07) is 15.2. The Labute approximate surface area is 197 Å². The smallest absolute Gasteiger partial charge is 0.295 e. The van der Waals surface area contributed by atoms with Crippen molar-refractivity contribution in [2.24, 2.45) is 0 Å². The van der Waals surface area contributed by atoms with E-state index < -0.39 is 17.7 Å². The van der Waals surface area contributed by atoms with E-state index in [0.29, 0.717) is 22.6 Å². The number of benzene rings is 2. The zero-order chi connectivity index (χ0) is 22.8. The van der Waals surface area contributed by atoms with Crippen LogP contribution in [0.1, 0.15) is 22.0 Å². The monoisotopic (exact) mass is 513 g/mol. The molecule has 1 aliphatic heterocycles. The van der Waals surface area contributed by atoms with E-state index in [4.69, 9.17) is 9.47 Å². The van der Waals surface area contributed by atoms with Crippen molar-refractivity contribution in [2.75, 3.05) is 14.2 Å². The van der Waals surface area contributed by atoms with Crippen molar-refractivity contribution < 1.29 is 24.2 Å². The van der Waals surface area contributed by atoms with E-state index in [0.717, 1.165) is 9.35 Å². The molecule has 6 nitrogen and oxygen atoms in total. The Morgan fingerprint density at radius 2 is 1.78 bits per heavy atom. The molecule has 0 bridgehead atoms. The van der Waals surface area contributed by atoms with Crippen molar-refractivity contribution in [3.05, 3.63) is 86.0 Å². The Morgan fingerprint density at radius 3 is 2.41 bits per heavy atom. The van der Waals surface area contributed by atoms with Gasteiger partial charge in [-0.1, -0.05) is 40.2 Å². The highest BCUT2D eigenvalue weighted by Gasteiger charge is 2.46. The number of thiophene rings is 1. The van der Waals surface area contributed by atoms with Gasteiger partial charge in [0.25, 0.3) is 11.7 Å². The van der Waals surface area contributed by atoms with Gasteiger partial charge in [0.15, 0.2) is 11.5 Å². The summed E-state index contributed by atoms with van der Waals surface area (Å²) >= 11 is 4.87. The van der Waals surface area contributed by atoms with Gasteiger partial charge in [-0.15, -0.1) is 11.3 Å². The van der Waals surface area contributed by atoms with Gasteiger partial charge in [-0.2, -0.15) is 0 Å². The molecule has 0 spiro atoms. The molecular weight excluding hydrogens is 494 g/mol. The van der Waals surface area contributed by atoms with E-state index in [1.807, 2.05) is 17.5 Å². The predicted molar refractivity (Wildman–Crippen MR) is 126 cm³/mol. The van der Waals surface area contributed by atoms with E-state index in [1.54, 1.807) is 42.5 Å². The van der Waals surface area contributed by atoms with Crippen LogP contribution in [0.2, 0.25) is 0 Å². The standard InChI is InChI=1S/C24H20BrNO5S/c1-30-18-10-7-15(12-19(18)31-2)21-20(22(27)14-5-8-16(25)9-6-14)23(28)24(29)26(21)13-17-4-3-11-32-17/h3-12,21,27H,13H2,1-2H3/b22-20-. The number of nitrogens with zero attached hydrogens (tertiary/aromatic N) is 1. The zero-order valence-corrected chi connectivity index (χ0v) is 19.8.